The zero-order valence-electron chi connectivity index (χ0n) is 9.52. The molecule has 0 saturated carbocycles. The minimum atomic E-state index is -0.401. The molecule has 90 valence electrons. The van der Waals surface area contributed by atoms with Gasteiger partial charge >= 0.3 is 6.01 Å². The number of nitrogens with zero attached hydrogens (tertiary/aromatic N) is 2. The van der Waals surface area contributed by atoms with Gasteiger partial charge in [-0.2, -0.15) is 0 Å². The molecule has 0 atom stereocenters. The Morgan fingerprint density at radius 2 is 2.06 bits per heavy atom. The molecule has 0 aliphatic carbocycles. The monoisotopic (exact) mass is 298 g/mol. The number of ether oxygens (including phenoxy) is 1. The fourth-order valence-corrected chi connectivity index (χ4v) is 2.16. The molecule has 17 heavy (non-hydrogen) atoms. The number of rotatable bonds is 3. The summed E-state index contributed by atoms with van der Waals surface area (Å²) in [7, 11) is 0. The van der Waals surface area contributed by atoms with Crippen LogP contribution in [0.3, 0.4) is 0 Å². The van der Waals surface area contributed by atoms with Gasteiger partial charge in [-0.15, -0.1) is 0 Å². The van der Waals surface area contributed by atoms with Crippen LogP contribution >= 0.6 is 15.9 Å². The van der Waals surface area contributed by atoms with Crippen molar-refractivity contribution in [3.05, 3.63) is 40.9 Å². The van der Waals surface area contributed by atoms with Crippen LogP contribution in [0, 0.1) is 5.82 Å². The molecule has 1 aromatic carbocycles. The molecule has 0 radical (unpaired) electrons. The summed E-state index contributed by atoms with van der Waals surface area (Å²) in [5.41, 5.74) is 0. The lowest BCUT2D eigenvalue weighted by Gasteiger charge is -2.13. The van der Waals surface area contributed by atoms with E-state index in [4.69, 9.17) is 4.74 Å². The van der Waals surface area contributed by atoms with Crippen LogP contribution in [0.15, 0.2) is 35.1 Å². The molecule has 0 aliphatic heterocycles. The highest BCUT2D eigenvalue weighted by Crippen LogP contribution is 2.28. The molecule has 0 saturated heterocycles. The van der Waals surface area contributed by atoms with Crippen LogP contribution in [0.2, 0.25) is 0 Å². The van der Waals surface area contributed by atoms with E-state index in [0.29, 0.717) is 6.01 Å². The maximum atomic E-state index is 13.4. The Bertz CT molecular complexity index is 525. The largest absolute Gasteiger partial charge is 0.422 e. The topological polar surface area (TPSA) is 27.1 Å². The smallest absolute Gasteiger partial charge is 0.303 e. The summed E-state index contributed by atoms with van der Waals surface area (Å²) in [6, 6.07) is 6.81. The molecule has 0 aliphatic rings. The van der Waals surface area contributed by atoms with Crippen molar-refractivity contribution in [1.82, 2.24) is 9.55 Å². The summed E-state index contributed by atoms with van der Waals surface area (Å²) in [4.78, 5) is 4.10. The van der Waals surface area contributed by atoms with Crippen LogP contribution in [-0.2, 0) is 0 Å². The second-order valence-electron chi connectivity index (χ2n) is 3.86. The van der Waals surface area contributed by atoms with E-state index in [0.717, 1.165) is 4.60 Å². The molecule has 1 aromatic heterocycles. The maximum absolute atomic E-state index is 13.4. The van der Waals surface area contributed by atoms with E-state index in [9.17, 15) is 4.39 Å². The van der Waals surface area contributed by atoms with Crippen LogP contribution < -0.4 is 4.74 Å². The highest BCUT2D eigenvalue weighted by atomic mass is 79.9. The van der Waals surface area contributed by atoms with Crippen molar-refractivity contribution < 1.29 is 9.13 Å². The lowest BCUT2D eigenvalue weighted by Crippen LogP contribution is -2.04. The molecule has 0 N–H and O–H groups in total. The third kappa shape index (κ3) is 2.49. The standard InChI is InChI=1S/C12H12BrFN2O/c1-8(2)16-11(13)7-15-12(16)17-10-6-4-3-5-9(10)14/h3-8H,1-2H3. The van der Waals surface area contributed by atoms with Gasteiger partial charge in [-0.25, -0.2) is 9.37 Å². The van der Waals surface area contributed by atoms with E-state index in [1.54, 1.807) is 24.4 Å². The minimum Gasteiger partial charge on any atom is -0.422 e. The molecular formula is C12H12BrFN2O. The summed E-state index contributed by atoms with van der Waals surface area (Å²) in [6.45, 7) is 4.00. The molecule has 2 aromatic rings. The molecule has 1 heterocycles. The summed E-state index contributed by atoms with van der Waals surface area (Å²) in [6.07, 6.45) is 1.64. The van der Waals surface area contributed by atoms with E-state index in [-0.39, 0.29) is 11.8 Å². The van der Waals surface area contributed by atoms with E-state index in [1.807, 2.05) is 18.4 Å². The Balaban J connectivity index is 2.34. The van der Waals surface area contributed by atoms with Crippen LogP contribution in [-0.4, -0.2) is 9.55 Å². The highest BCUT2D eigenvalue weighted by molar-refractivity contribution is 9.10. The summed E-state index contributed by atoms with van der Waals surface area (Å²) < 4.78 is 21.6. The summed E-state index contributed by atoms with van der Waals surface area (Å²) in [5.74, 6) is -0.227. The van der Waals surface area contributed by atoms with Gasteiger partial charge in [-0.05, 0) is 41.9 Å². The molecule has 0 spiro atoms. The van der Waals surface area contributed by atoms with Gasteiger partial charge in [0.2, 0.25) is 0 Å². The molecule has 0 amide bonds. The predicted molar refractivity (Wildman–Crippen MR) is 66.8 cm³/mol. The normalized spacial score (nSPS) is 10.9. The molecule has 0 fully saturated rings. The molecule has 0 unspecified atom stereocenters. The van der Waals surface area contributed by atoms with Gasteiger partial charge in [0.25, 0.3) is 0 Å². The maximum Gasteiger partial charge on any atom is 0.303 e. The Morgan fingerprint density at radius 3 is 2.71 bits per heavy atom. The molecular weight excluding hydrogens is 287 g/mol. The first kappa shape index (κ1) is 12.1. The minimum absolute atomic E-state index is 0.174. The Hall–Kier alpha value is -1.36. The SMILES string of the molecule is CC(C)n1c(Br)cnc1Oc1ccccc1F. The van der Waals surface area contributed by atoms with Crippen molar-refractivity contribution in [3.8, 4) is 11.8 Å². The summed E-state index contributed by atoms with van der Waals surface area (Å²) >= 11 is 3.38. The van der Waals surface area contributed by atoms with Gasteiger partial charge in [0.1, 0.15) is 4.60 Å². The fourth-order valence-electron chi connectivity index (χ4n) is 1.49. The zero-order chi connectivity index (χ0) is 12.4. The quantitative estimate of drug-likeness (QED) is 0.851. The first-order valence-corrected chi connectivity index (χ1v) is 6.04. The van der Waals surface area contributed by atoms with Gasteiger partial charge in [0.05, 0.1) is 6.20 Å². The number of hydrogen-bond donors (Lipinski definition) is 0. The van der Waals surface area contributed by atoms with E-state index >= 15 is 0 Å². The number of hydrogen-bond acceptors (Lipinski definition) is 2. The van der Waals surface area contributed by atoms with Crippen LogP contribution in [0.4, 0.5) is 4.39 Å². The van der Waals surface area contributed by atoms with E-state index in [1.165, 1.54) is 6.07 Å². The number of imidazole rings is 1. The fraction of sp³-hybridized carbons (Fsp3) is 0.250. The van der Waals surface area contributed by atoms with Gasteiger partial charge in [0, 0.05) is 6.04 Å². The number of halogens is 2. The van der Waals surface area contributed by atoms with Crippen molar-refractivity contribution in [1.29, 1.82) is 0 Å². The van der Waals surface area contributed by atoms with Crippen molar-refractivity contribution in [2.45, 2.75) is 19.9 Å². The van der Waals surface area contributed by atoms with Gasteiger partial charge in [-0.1, -0.05) is 12.1 Å². The van der Waals surface area contributed by atoms with E-state index < -0.39 is 5.82 Å². The van der Waals surface area contributed by atoms with Crippen molar-refractivity contribution in [3.63, 3.8) is 0 Å². The number of benzene rings is 1. The number of aromatic nitrogens is 2. The Morgan fingerprint density at radius 1 is 1.35 bits per heavy atom. The van der Waals surface area contributed by atoms with Crippen molar-refractivity contribution in [2.24, 2.45) is 0 Å². The van der Waals surface area contributed by atoms with Crippen LogP contribution in [0.25, 0.3) is 0 Å². The lowest BCUT2D eigenvalue weighted by atomic mass is 10.3. The molecule has 5 heteroatoms. The highest BCUT2D eigenvalue weighted by Gasteiger charge is 2.14. The second-order valence-corrected chi connectivity index (χ2v) is 4.67. The van der Waals surface area contributed by atoms with Crippen LogP contribution in [0.5, 0.6) is 11.8 Å². The van der Waals surface area contributed by atoms with Crippen molar-refractivity contribution in [2.75, 3.05) is 0 Å². The number of para-hydroxylation sites is 1. The van der Waals surface area contributed by atoms with Gasteiger partial charge in [0.15, 0.2) is 11.6 Å². The van der Waals surface area contributed by atoms with E-state index in [2.05, 4.69) is 20.9 Å². The first-order chi connectivity index (χ1) is 8.09. The molecule has 3 nitrogen and oxygen atoms in total. The first-order valence-electron chi connectivity index (χ1n) is 5.24. The average molecular weight is 299 g/mol. The Kier molecular flexibility index (Phi) is 3.47. The Labute approximate surface area is 107 Å². The van der Waals surface area contributed by atoms with Gasteiger partial charge in [-0.3, -0.25) is 4.57 Å². The second kappa shape index (κ2) is 4.87. The molecule has 0 bridgehead atoms. The van der Waals surface area contributed by atoms with Gasteiger partial charge < -0.3 is 4.74 Å². The summed E-state index contributed by atoms with van der Waals surface area (Å²) in [5, 5.41) is 0. The third-order valence-corrected chi connectivity index (χ3v) is 2.86. The van der Waals surface area contributed by atoms with Crippen LogP contribution in [0.1, 0.15) is 19.9 Å². The molecule has 2 rings (SSSR count). The average Bonchev–Trinajstić information content (AvgIpc) is 2.63. The zero-order valence-corrected chi connectivity index (χ0v) is 11.1. The third-order valence-electron chi connectivity index (χ3n) is 2.27. The predicted octanol–water partition coefficient (Wildman–Crippen LogP) is 4.16. The van der Waals surface area contributed by atoms with Crippen molar-refractivity contribution >= 4 is 15.9 Å². The lowest BCUT2D eigenvalue weighted by molar-refractivity contribution is 0.373.